The second kappa shape index (κ2) is 7.30. The lowest BCUT2D eigenvalue weighted by molar-refractivity contribution is 0.102. The molecule has 3 rings (SSSR count). The predicted molar refractivity (Wildman–Crippen MR) is 110 cm³/mol. The molecule has 0 radical (unpaired) electrons. The first-order valence-corrected chi connectivity index (χ1v) is 10.0. The van der Waals surface area contributed by atoms with Crippen LogP contribution in [0, 0.1) is 41.8 Å². The van der Waals surface area contributed by atoms with Crippen LogP contribution in [0.25, 0.3) is 0 Å². The van der Waals surface area contributed by atoms with Crippen LogP contribution in [0.5, 0.6) is 0 Å². The topological polar surface area (TPSA) is 52.9 Å². The molecule has 1 atom stereocenters. The Hall–Kier alpha value is -2.03. The normalized spacial score (nSPS) is 15.9. The highest BCUT2D eigenvalue weighted by Gasteiger charge is 2.24. The summed E-state index contributed by atoms with van der Waals surface area (Å²) in [5.41, 5.74) is 6.42. The Balaban J connectivity index is 2.04. The number of aryl methyl sites for hydroxylation is 3. The quantitative estimate of drug-likeness (QED) is 0.683. The van der Waals surface area contributed by atoms with E-state index in [9.17, 15) is 10.1 Å². The second-order valence-corrected chi connectivity index (χ2v) is 8.93. The molecule has 5 heteroatoms. The van der Waals surface area contributed by atoms with E-state index in [0.29, 0.717) is 22.0 Å². The molecule has 1 aromatic heterocycles. The van der Waals surface area contributed by atoms with E-state index in [2.05, 4.69) is 18.3 Å². The highest BCUT2D eigenvalue weighted by Crippen LogP contribution is 2.36. The Labute approximate surface area is 163 Å². The maximum absolute atomic E-state index is 12.9. The van der Waals surface area contributed by atoms with Gasteiger partial charge < -0.3 is 5.32 Å². The lowest BCUT2D eigenvalue weighted by Crippen LogP contribution is -2.18. The lowest BCUT2D eigenvalue weighted by Gasteiger charge is -2.23. The van der Waals surface area contributed by atoms with Gasteiger partial charge in [-0.3, -0.25) is 4.79 Å². The Morgan fingerprint density at radius 1 is 1.27 bits per heavy atom. The number of nitriles is 1. The van der Waals surface area contributed by atoms with Crippen molar-refractivity contribution >= 4 is 34.5 Å². The number of hydrogen-bond acceptors (Lipinski definition) is 4. The fourth-order valence-electron chi connectivity index (χ4n) is 3.85. The van der Waals surface area contributed by atoms with Crippen LogP contribution in [0.2, 0.25) is 0 Å². The molecule has 0 fully saturated rings. The molecule has 134 valence electrons. The van der Waals surface area contributed by atoms with E-state index in [1.165, 1.54) is 11.3 Å². The van der Waals surface area contributed by atoms with Crippen LogP contribution in [0.3, 0.4) is 0 Å². The number of nitrogens with one attached hydrogen (secondary N) is 1. The van der Waals surface area contributed by atoms with Crippen LogP contribution in [0.1, 0.15) is 57.1 Å². The molecule has 0 spiro atoms. The standard InChI is InChI=1S/C21H22N2OS2/c1-11-5-6-15-16(9-11)21(25)26-20(17(15)10-22)23-19(24)18-13(3)7-12(2)8-14(18)4/h7-8,11H,5-6,9H2,1-4H3,(H,23,24). The first-order chi connectivity index (χ1) is 12.3. The minimum atomic E-state index is -0.175. The molecule has 1 unspecified atom stereocenters. The average molecular weight is 383 g/mol. The third-order valence-corrected chi connectivity index (χ3v) is 6.46. The van der Waals surface area contributed by atoms with E-state index < -0.39 is 0 Å². The first-order valence-electron chi connectivity index (χ1n) is 8.80. The monoisotopic (exact) mass is 382 g/mol. The summed E-state index contributed by atoms with van der Waals surface area (Å²) in [6.45, 7) is 8.12. The van der Waals surface area contributed by atoms with Gasteiger partial charge in [-0.05, 0) is 68.2 Å². The molecule has 1 N–H and O–H groups in total. The first kappa shape index (κ1) is 18.8. The maximum Gasteiger partial charge on any atom is 0.256 e. The number of benzene rings is 1. The van der Waals surface area contributed by atoms with Crippen molar-refractivity contribution in [3.05, 3.63) is 54.9 Å². The zero-order chi connectivity index (χ0) is 19.0. The van der Waals surface area contributed by atoms with Crippen molar-refractivity contribution in [2.75, 3.05) is 5.32 Å². The van der Waals surface area contributed by atoms with E-state index in [4.69, 9.17) is 12.2 Å². The summed E-state index contributed by atoms with van der Waals surface area (Å²) in [4.78, 5) is 12.9. The minimum absolute atomic E-state index is 0.175. The predicted octanol–water partition coefficient (Wildman–Crippen LogP) is 5.65. The maximum atomic E-state index is 12.9. The summed E-state index contributed by atoms with van der Waals surface area (Å²) in [5.74, 6) is 0.410. The smallest absolute Gasteiger partial charge is 0.256 e. The molecular weight excluding hydrogens is 360 g/mol. The van der Waals surface area contributed by atoms with Crippen molar-refractivity contribution in [3.8, 4) is 6.07 Å². The highest BCUT2D eigenvalue weighted by molar-refractivity contribution is 7.73. The number of carbonyl (C=O) groups is 1. The summed E-state index contributed by atoms with van der Waals surface area (Å²) in [7, 11) is 0. The molecule has 1 heterocycles. The fraction of sp³-hybridized carbons (Fsp3) is 0.381. The second-order valence-electron chi connectivity index (χ2n) is 7.24. The fourth-order valence-corrected chi connectivity index (χ4v) is 5.24. The molecule has 1 aromatic carbocycles. The van der Waals surface area contributed by atoms with Gasteiger partial charge in [0, 0.05) is 5.56 Å². The zero-order valence-electron chi connectivity index (χ0n) is 15.5. The molecule has 26 heavy (non-hydrogen) atoms. The number of fused-ring (bicyclic) bond motifs is 1. The summed E-state index contributed by atoms with van der Waals surface area (Å²) in [6, 6.07) is 6.32. The van der Waals surface area contributed by atoms with Gasteiger partial charge in [-0.1, -0.05) is 36.8 Å². The molecule has 1 amide bonds. The number of carbonyl (C=O) groups excluding carboxylic acids is 1. The van der Waals surface area contributed by atoms with Crippen molar-refractivity contribution in [1.82, 2.24) is 0 Å². The largest absolute Gasteiger partial charge is 0.312 e. The van der Waals surface area contributed by atoms with Crippen LogP contribution in [-0.4, -0.2) is 5.91 Å². The van der Waals surface area contributed by atoms with Gasteiger partial charge >= 0.3 is 0 Å². The zero-order valence-corrected chi connectivity index (χ0v) is 17.2. The third kappa shape index (κ3) is 3.44. The SMILES string of the molecule is Cc1cc(C)c(C(=O)Nc2sc(=S)c3c(c2C#N)CCC(C)C3)c(C)c1. The Bertz CT molecular complexity index is 975. The molecule has 3 nitrogen and oxygen atoms in total. The van der Waals surface area contributed by atoms with Gasteiger partial charge in [0.1, 0.15) is 11.1 Å². The van der Waals surface area contributed by atoms with Gasteiger partial charge in [0.2, 0.25) is 0 Å². The molecular formula is C21H22N2OS2. The van der Waals surface area contributed by atoms with E-state index >= 15 is 0 Å². The van der Waals surface area contributed by atoms with Crippen molar-refractivity contribution in [1.29, 1.82) is 5.26 Å². The summed E-state index contributed by atoms with van der Waals surface area (Å²) < 4.78 is 0.790. The number of rotatable bonds is 2. The molecule has 1 aliphatic carbocycles. The summed E-state index contributed by atoms with van der Waals surface area (Å²) in [5, 5.41) is 13.3. The van der Waals surface area contributed by atoms with Gasteiger partial charge in [-0.2, -0.15) is 5.26 Å². The highest BCUT2D eigenvalue weighted by atomic mass is 32.1. The van der Waals surface area contributed by atoms with Gasteiger partial charge in [0.25, 0.3) is 5.91 Å². The van der Waals surface area contributed by atoms with Crippen molar-refractivity contribution in [2.24, 2.45) is 5.92 Å². The van der Waals surface area contributed by atoms with Crippen LogP contribution < -0.4 is 5.32 Å². The van der Waals surface area contributed by atoms with Crippen LogP contribution >= 0.6 is 23.6 Å². The molecule has 0 saturated carbocycles. The molecule has 0 bridgehead atoms. The molecule has 0 saturated heterocycles. The summed E-state index contributed by atoms with van der Waals surface area (Å²) >= 11 is 6.93. The van der Waals surface area contributed by atoms with E-state index in [1.54, 1.807) is 0 Å². The van der Waals surface area contributed by atoms with E-state index in [-0.39, 0.29) is 5.91 Å². The lowest BCUT2D eigenvalue weighted by atomic mass is 9.85. The number of hydrogen-bond donors (Lipinski definition) is 1. The van der Waals surface area contributed by atoms with E-state index in [1.807, 2.05) is 32.9 Å². The van der Waals surface area contributed by atoms with Crippen LogP contribution in [0.15, 0.2) is 12.1 Å². The molecule has 0 aliphatic heterocycles. The molecule has 1 aliphatic rings. The number of nitrogens with zero attached hydrogens (tertiary/aromatic N) is 1. The number of anilines is 1. The Morgan fingerprint density at radius 3 is 2.54 bits per heavy atom. The van der Waals surface area contributed by atoms with Crippen LogP contribution in [0.4, 0.5) is 5.00 Å². The summed E-state index contributed by atoms with van der Waals surface area (Å²) in [6.07, 6.45) is 2.82. The van der Waals surface area contributed by atoms with Crippen molar-refractivity contribution in [3.63, 3.8) is 0 Å². The van der Waals surface area contributed by atoms with Crippen LogP contribution in [-0.2, 0) is 12.8 Å². The van der Waals surface area contributed by atoms with Crippen molar-refractivity contribution in [2.45, 2.75) is 47.0 Å². The van der Waals surface area contributed by atoms with Gasteiger partial charge in [-0.25, -0.2) is 0 Å². The van der Waals surface area contributed by atoms with Gasteiger partial charge in [0.15, 0.2) is 0 Å². The van der Waals surface area contributed by atoms with Gasteiger partial charge in [0.05, 0.1) is 9.39 Å². The van der Waals surface area contributed by atoms with Gasteiger partial charge in [-0.15, -0.1) is 11.3 Å². The molecule has 2 aromatic rings. The Kier molecular flexibility index (Phi) is 5.27. The number of amides is 1. The minimum Gasteiger partial charge on any atom is -0.312 e. The average Bonchev–Trinajstić information content (AvgIpc) is 2.54. The third-order valence-electron chi connectivity index (χ3n) is 5.02. The Morgan fingerprint density at radius 2 is 1.92 bits per heavy atom. The van der Waals surface area contributed by atoms with Crippen molar-refractivity contribution < 1.29 is 4.79 Å². The van der Waals surface area contributed by atoms with E-state index in [0.717, 1.165) is 50.9 Å².